The van der Waals surface area contributed by atoms with Gasteiger partial charge in [0.05, 0.1) is 28.3 Å². The van der Waals surface area contributed by atoms with Crippen LogP contribution in [0, 0.1) is 10.1 Å². The van der Waals surface area contributed by atoms with Gasteiger partial charge in [-0.1, -0.05) is 23.2 Å². The number of methoxy groups -OCH3 is 1. The molecule has 0 saturated heterocycles. The monoisotopic (exact) mass is 356 g/mol. The van der Waals surface area contributed by atoms with Crippen LogP contribution in [0.15, 0.2) is 30.3 Å². The van der Waals surface area contributed by atoms with Crippen molar-refractivity contribution in [2.45, 2.75) is 0 Å². The first-order valence-electron chi connectivity index (χ1n) is 6.15. The Bertz CT molecular complexity index is 795. The largest absolute Gasteiger partial charge is 0.506 e. The number of nitrogens with zero attached hydrogens (tertiary/aromatic N) is 1. The smallest absolute Gasteiger partial charge is 0.271 e. The average Bonchev–Trinajstić information content (AvgIpc) is 2.48. The number of hydrogen-bond donors (Lipinski definition) is 2. The second-order valence-corrected chi connectivity index (χ2v) is 5.22. The Kier molecular flexibility index (Phi) is 4.92. The molecule has 0 heterocycles. The number of nitro benzene ring substituents is 1. The van der Waals surface area contributed by atoms with Crippen LogP contribution < -0.4 is 10.1 Å². The Morgan fingerprint density at radius 1 is 1.30 bits per heavy atom. The molecule has 0 saturated carbocycles. The third-order valence-electron chi connectivity index (χ3n) is 2.90. The fraction of sp³-hybridized carbons (Fsp3) is 0.0714. The molecule has 0 atom stereocenters. The van der Waals surface area contributed by atoms with Gasteiger partial charge in [0.15, 0.2) is 0 Å². The van der Waals surface area contributed by atoms with Crippen LogP contribution >= 0.6 is 23.2 Å². The summed E-state index contributed by atoms with van der Waals surface area (Å²) in [6.07, 6.45) is 0. The van der Waals surface area contributed by atoms with E-state index in [2.05, 4.69) is 5.32 Å². The molecule has 120 valence electrons. The first-order valence-corrected chi connectivity index (χ1v) is 6.91. The van der Waals surface area contributed by atoms with E-state index < -0.39 is 10.8 Å². The molecule has 0 bridgehead atoms. The standard InChI is InChI=1S/C14H10Cl2N2O5/c1-23-13-9(4-7(15)5-10(13)16)14(20)17-11-6-8(18(21)22)2-3-12(11)19/h2-6,19H,1H3,(H,17,20). The van der Waals surface area contributed by atoms with Crippen LogP contribution in [0.25, 0.3) is 0 Å². The minimum Gasteiger partial charge on any atom is -0.506 e. The number of nitrogens with one attached hydrogen (secondary N) is 1. The fourth-order valence-corrected chi connectivity index (χ4v) is 2.43. The number of anilines is 1. The predicted molar refractivity (Wildman–Crippen MR) is 85.7 cm³/mol. The van der Waals surface area contributed by atoms with E-state index in [1.165, 1.54) is 19.2 Å². The SMILES string of the molecule is COc1c(Cl)cc(Cl)cc1C(=O)Nc1cc([N+](=O)[O-])ccc1O. The van der Waals surface area contributed by atoms with Gasteiger partial charge in [-0.15, -0.1) is 0 Å². The molecule has 23 heavy (non-hydrogen) atoms. The number of non-ortho nitro benzene ring substituents is 1. The number of nitro groups is 1. The summed E-state index contributed by atoms with van der Waals surface area (Å²) in [5.41, 5.74) is -0.382. The number of phenols is 1. The highest BCUT2D eigenvalue weighted by atomic mass is 35.5. The quantitative estimate of drug-likeness (QED) is 0.491. The Morgan fingerprint density at radius 3 is 2.61 bits per heavy atom. The third kappa shape index (κ3) is 3.64. The normalized spacial score (nSPS) is 10.2. The maximum atomic E-state index is 12.3. The van der Waals surface area contributed by atoms with E-state index in [4.69, 9.17) is 27.9 Å². The van der Waals surface area contributed by atoms with Gasteiger partial charge in [-0.2, -0.15) is 0 Å². The third-order valence-corrected chi connectivity index (χ3v) is 3.40. The molecular weight excluding hydrogens is 347 g/mol. The number of benzene rings is 2. The summed E-state index contributed by atoms with van der Waals surface area (Å²) in [5.74, 6) is -0.920. The van der Waals surface area contributed by atoms with Crippen LogP contribution in [-0.4, -0.2) is 23.0 Å². The average molecular weight is 357 g/mol. The molecule has 2 aromatic carbocycles. The van der Waals surface area contributed by atoms with E-state index >= 15 is 0 Å². The van der Waals surface area contributed by atoms with E-state index in [1.807, 2.05) is 0 Å². The van der Waals surface area contributed by atoms with Gasteiger partial charge in [0.2, 0.25) is 0 Å². The highest BCUT2D eigenvalue weighted by Crippen LogP contribution is 2.34. The van der Waals surface area contributed by atoms with Crippen molar-refractivity contribution < 1.29 is 19.6 Å². The molecule has 0 fully saturated rings. The van der Waals surface area contributed by atoms with Crippen molar-refractivity contribution in [3.8, 4) is 11.5 Å². The number of phenolic OH excluding ortho intramolecular Hbond substituents is 1. The van der Waals surface area contributed by atoms with Crippen LogP contribution in [0.2, 0.25) is 10.0 Å². The number of ether oxygens (including phenoxy) is 1. The van der Waals surface area contributed by atoms with E-state index in [9.17, 15) is 20.0 Å². The highest BCUT2D eigenvalue weighted by Gasteiger charge is 2.19. The van der Waals surface area contributed by atoms with Crippen molar-refractivity contribution in [2.24, 2.45) is 0 Å². The number of carbonyl (C=O) groups excluding carboxylic acids is 1. The minimum absolute atomic E-state index is 0.0240. The highest BCUT2D eigenvalue weighted by molar-refractivity contribution is 6.36. The Labute approximate surface area is 140 Å². The van der Waals surface area contributed by atoms with Gasteiger partial charge >= 0.3 is 0 Å². The van der Waals surface area contributed by atoms with Gasteiger partial charge in [-0.25, -0.2) is 0 Å². The van der Waals surface area contributed by atoms with Crippen LogP contribution in [-0.2, 0) is 0 Å². The summed E-state index contributed by atoms with van der Waals surface area (Å²) in [7, 11) is 1.33. The molecule has 2 rings (SSSR count). The number of rotatable bonds is 4. The second kappa shape index (κ2) is 6.72. The van der Waals surface area contributed by atoms with Crippen molar-refractivity contribution >= 4 is 40.5 Å². The van der Waals surface area contributed by atoms with Gasteiger partial charge in [0, 0.05) is 17.2 Å². The number of aromatic hydroxyl groups is 1. The second-order valence-electron chi connectivity index (χ2n) is 4.38. The lowest BCUT2D eigenvalue weighted by Gasteiger charge is -2.12. The van der Waals surface area contributed by atoms with E-state index in [0.29, 0.717) is 0 Å². The molecule has 0 unspecified atom stereocenters. The van der Waals surface area contributed by atoms with Crippen molar-refractivity contribution in [2.75, 3.05) is 12.4 Å². The fourth-order valence-electron chi connectivity index (χ4n) is 1.86. The minimum atomic E-state index is -0.693. The van der Waals surface area contributed by atoms with Crippen molar-refractivity contribution in [3.63, 3.8) is 0 Å². The number of carbonyl (C=O) groups is 1. The number of amides is 1. The van der Waals surface area contributed by atoms with Crippen LogP contribution in [0.4, 0.5) is 11.4 Å². The van der Waals surface area contributed by atoms with Gasteiger partial charge in [-0.05, 0) is 18.2 Å². The Morgan fingerprint density at radius 2 is 2.00 bits per heavy atom. The molecule has 7 nitrogen and oxygen atoms in total. The van der Waals surface area contributed by atoms with Gasteiger partial charge < -0.3 is 15.2 Å². The van der Waals surface area contributed by atoms with Crippen LogP contribution in [0.5, 0.6) is 11.5 Å². The van der Waals surface area contributed by atoms with Crippen LogP contribution in [0.3, 0.4) is 0 Å². The summed E-state index contributed by atoms with van der Waals surface area (Å²) in [5, 5.41) is 23.2. The number of halogens is 2. The zero-order chi connectivity index (χ0) is 17.1. The van der Waals surface area contributed by atoms with Crippen molar-refractivity contribution in [1.82, 2.24) is 0 Å². The summed E-state index contributed by atoms with van der Waals surface area (Å²) in [6.45, 7) is 0. The summed E-state index contributed by atoms with van der Waals surface area (Å²) in [6, 6.07) is 5.99. The topological polar surface area (TPSA) is 102 Å². The first kappa shape index (κ1) is 16.9. The van der Waals surface area contributed by atoms with E-state index in [1.54, 1.807) is 0 Å². The molecule has 0 aromatic heterocycles. The molecule has 0 aliphatic rings. The maximum absolute atomic E-state index is 12.3. The molecule has 2 N–H and O–H groups in total. The lowest BCUT2D eigenvalue weighted by molar-refractivity contribution is -0.384. The molecular formula is C14H10Cl2N2O5. The molecule has 0 spiro atoms. The Hall–Kier alpha value is -2.51. The van der Waals surface area contributed by atoms with Crippen molar-refractivity contribution in [3.05, 3.63) is 56.1 Å². The zero-order valence-corrected chi connectivity index (χ0v) is 13.2. The first-order chi connectivity index (χ1) is 10.8. The maximum Gasteiger partial charge on any atom is 0.271 e. The summed E-state index contributed by atoms with van der Waals surface area (Å²) < 4.78 is 5.06. The van der Waals surface area contributed by atoms with Crippen LogP contribution in [0.1, 0.15) is 10.4 Å². The number of hydrogen-bond acceptors (Lipinski definition) is 5. The van der Waals surface area contributed by atoms with Gasteiger partial charge in [-0.3, -0.25) is 14.9 Å². The summed E-state index contributed by atoms with van der Waals surface area (Å²) >= 11 is 11.8. The van der Waals surface area contributed by atoms with Crippen molar-refractivity contribution in [1.29, 1.82) is 0 Å². The Balaban J connectivity index is 2.40. The van der Waals surface area contributed by atoms with E-state index in [0.717, 1.165) is 18.2 Å². The predicted octanol–water partition coefficient (Wildman–Crippen LogP) is 3.87. The molecule has 0 radical (unpaired) electrons. The van der Waals surface area contributed by atoms with Gasteiger partial charge in [0.1, 0.15) is 11.5 Å². The lowest BCUT2D eigenvalue weighted by atomic mass is 10.1. The molecule has 0 aliphatic carbocycles. The van der Waals surface area contributed by atoms with E-state index in [-0.39, 0.29) is 38.5 Å². The molecule has 0 aliphatic heterocycles. The van der Waals surface area contributed by atoms with Gasteiger partial charge in [0.25, 0.3) is 11.6 Å². The molecule has 1 amide bonds. The lowest BCUT2D eigenvalue weighted by Crippen LogP contribution is -2.13. The summed E-state index contributed by atoms with van der Waals surface area (Å²) in [4.78, 5) is 22.5. The zero-order valence-electron chi connectivity index (χ0n) is 11.7. The molecule has 9 heteroatoms. The molecule has 2 aromatic rings.